The normalized spacial score (nSPS) is 28.0. The van der Waals surface area contributed by atoms with Gasteiger partial charge in [-0.05, 0) is 38.0 Å². The molecule has 0 spiro atoms. The third-order valence-corrected chi connectivity index (χ3v) is 4.87. The lowest BCUT2D eigenvalue weighted by atomic mass is 9.78. The average Bonchev–Trinajstić information content (AvgIpc) is 2.52. The molecule has 0 aliphatic carbocycles. The van der Waals surface area contributed by atoms with Crippen LogP contribution in [-0.4, -0.2) is 61.0 Å². The molecule has 0 bridgehead atoms. The van der Waals surface area contributed by atoms with Gasteiger partial charge in [0.2, 0.25) is 0 Å². The van der Waals surface area contributed by atoms with Crippen LogP contribution in [0.15, 0.2) is 4.99 Å². The Balaban J connectivity index is 2.00. The Kier molecular flexibility index (Phi) is 6.72. The molecule has 5 nitrogen and oxygen atoms in total. The van der Waals surface area contributed by atoms with Crippen molar-refractivity contribution in [3.63, 3.8) is 0 Å². The fourth-order valence-electron chi connectivity index (χ4n) is 3.69. The molecule has 0 aromatic carbocycles. The molecule has 2 aliphatic heterocycles. The van der Waals surface area contributed by atoms with Crippen LogP contribution in [0.2, 0.25) is 0 Å². The van der Waals surface area contributed by atoms with Crippen molar-refractivity contribution in [1.29, 1.82) is 0 Å². The summed E-state index contributed by atoms with van der Waals surface area (Å²) in [5.74, 6) is 1.49. The van der Waals surface area contributed by atoms with E-state index in [2.05, 4.69) is 37.9 Å². The van der Waals surface area contributed by atoms with Crippen LogP contribution in [0, 0.1) is 11.3 Å². The fourth-order valence-corrected chi connectivity index (χ4v) is 3.69. The number of nitrogens with zero attached hydrogens (tertiary/aromatic N) is 2. The zero-order valence-electron chi connectivity index (χ0n) is 15.3. The van der Waals surface area contributed by atoms with E-state index in [0.29, 0.717) is 5.92 Å². The number of ether oxygens (including phenoxy) is 1. The molecule has 2 aliphatic rings. The number of aliphatic hydroxyl groups is 1. The lowest BCUT2D eigenvalue weighted by Gasteiger charge is -2.40. The summed E-state index contributed by atoms with van der Waals surface area (Å²) in [5.41, 5.74) is 0.161. The van der Waals surface area contributed by atoms with Gasteiger partial charge in [-0.1, -0.05) is 20.8 Å². The van der Waals surface area contributed by atoms with Crippen molar-refractivity contribution in [3.8, 4) is 0 Å². The van der Waals surface area contributed by atoms with Crippen LogP contribution < -0.4 is 5.32 Å². The number of aliphatic imine (C=N–C) groups is 1. The molecule has 2 N–H and O–H groups in total. The van der Waals surface area contributed by atoms with Gasteiger partial charge in [-0.3, -0.25) is 4.99 Å². The third-order valence-electron chi connectivity index (χ3n) is 4.87. The monoisotopic (exact) mass is 325 g/mol. The van der Waals surface area contributed by atoms with Crippen molar-refractivity contribution in [2.45, 2.75) is 65.6 Å². The largest absolute Gasteiger partial charge is 0.393 e. The first-order valence-electron chi connectivity index (χ1n) is 9.24. The molecule has 2 saturated heterocycles. The predicted octanol–water partition coefficient (Wildman–Crippen LogP) is 2.25. The van der Waals surface area contributed by atoms with Crippen molar-refractivity contribution in [3.05, 3.63) is 0 Å². The van der Waals surface area contributed by atoms with Crippen molar-refractivity contribution in [2.75, 3.05) is 32.8 Å². The van der Waals surface area contributed by atoms with Crippen molar-refractivity contribution in [1.82, 2.24) is 10.2 Å². The molecule has 2 rings (SSSR count). The van der Waals surface area contributed by atoms with E-state index >= 15 is 0 Å². The summed E-state index contributed by atoms with van der Waals surface area (Å²) in [6.45, 7) is 13.2. The standard InChI is InChI=1S/C18H35N3O2/c1-5-19-17(21-10-8-15(22)9-11-21)20-13-14-7-6-12-23-16(14)18(2,3)4/h14-16,22H,5-13H2,1-4H3,(H,19,20). The zero-order chi connectivity index (χ0) is 16.9. The van der Waals surface area contributed by atoms with Gasteiger partial charge < -0.3 is 20.1 Å². The maximum atomic E-state index is 9.69. The van der Waals surface area contributed by atoms with Crippen molar-refractivity contribution >= 4 is 5.96 Å². The third kappa shape index (κ3) is 5.35. The Morgan fingerprint density at radius 2 is 1.96 bits per heavy atom. The van der Waals surface area contributed by atoms with E-state index in [-0.39, 0.29) is 17.6 Å². The second-order valence-corrected chi connectivity index (χ2v) is 7.97. The highest BCUT2D eigenvalue weighted by atomic mass is 16.5. The maximum Gasteiger partial charge on any atom is 0.193 e. The van der Waals surface area contributed by atoms with Crippen molar-refractivity contribution in [2.24, 2.45) is 16.3 Å². The summed E-state index contributed by atoms with van der Waals surface area (Å²) >= 11 is 0. The maximum absolute atomic E-state index is 9.69. The molecule has 23 heavy (non-hydrogen) atoms. The molecule has 0 saturated carbocycles. The van der Waals surface area contributed by atoms with E-state index in [1.54, 1.807) is 0 Å². The molecule has 2 fully saturated rings. The molecule has 2 atom stereocenters. The van der Waals surface area contributed by atoms with Gasteiger partial charge in [0.25, 0.3) is 0 Å². The van der Waals surface area contributed by atoms with Gasteiger partial charge >= 0.3 is 0 Å². The van der Waals surface area contributed by atoms with Gasteiger partial charge in [-0.2, -0.15) is 0 Å². The number of hydrogen-bond donors (Lipinski definition) is 2. The number of piperidine rings is 1. The second-order valence-electron chi connectivity index (χ2n) is 7.97. The van der Waals surface area contributed by atoms with Crippen LogP contribution in [0.25, 0.3) is 0 Å². The molecular formula is C18H35N3O2. The molecule has 134 valence electrons. The SMILES string of the molecule is CCNC(=NCC1CCCOC1C(C)(C)C)N1CCC(O)CC1. The zero-order valence-corrected chi connectivity index (χ0v) is 15.3. The highest BCUT2D eigenvalue weighted by Crippen LogP contribution is 2.34. The van der Waals surface area contributed by atoms with E-state index in [9.17, 15) is 5.11 Å². The first kappa shape index (κ1) is 18.5. The Morgan fingerprint density at radius 1 is 1.26 bits per heavy atom. The Hall–Kier alpha value is -0.810. The number of rotatable bonds is 3. The molecule has 0 aromatic heterocycles. The van der Waals surface area contributed by atoms with E-state index in [1.165, 1.54) is 6.42 Å². The van der Waals surface area contributed by atoms with E-state index < -0.39 is 0 Å². The highest BCUT2D eigenvalue weighted by molar-refractivity contribution is 5.80. The van der Waals surface area contributed by atoms with Crippen LogP contribution in [0.4, 0.5) is 0 Å². The summed E-state index contributed by atoms with van der Waals surface area (Å²) in [7, 11) is 0. The average molecular weight is 325 g/mol. The van der Waals surface area contributed by atoms with Crippen LogP contribution in [-0.2, 0) is 4.74 Å². The Bertz CT molecular complexity index is 384. The predicted molar refractivity (Wildman–Crippen MR) is 94.7 cm³/mol. The van der Waals surface area contributed by atoms with Gasteiger partial charge in [-0.25, -0.2) is 0 Å². The fraction of sp³-hybridized carbons (Fsp3) is 0.944. The highest BCUT2D eigenvalue weighted by Gasteiger charge is 2.35. The van der Waals surface area contributed by atoms with Crippen LogP contribution in [0.5, 0.6) is 0 Å². The van der Waals surface area contributed by atoms with Crippen molar-refractivity contribution < 1.29 is 9.84 Å². The van der Waals surface area contributed by atoms with Crippen LogP contribution >= 0.6 is 0 Å². The smallest absolute Gasteiger partial charge is 0.193 e. The number of aliphatic hydroxyl groups excluding tert-OH is 1. The van der Waals surface area contributed by atoms with Crippen LogP contribution in [0.1, 0.15) is 53.4 Å². The van der Waals surface area contributed by atoms with Gasteiger partial charge in [0.1, 0.15) is 0 Å². The minimum Gasteiger partial charge on any atom is -0.393 e. The minimum absolute atomic E-state index is 0.147. The van der Waals surface area contributed by atoms with E-state index in [0.717, 1.165) is 58.0 Å². The van der Waals surface area contributed by atoms with Gasteiger partial charge in [0.05, 0.1) is 12.2 Å². The first-order valence-corrected chi connectivity index (χ1v) is 9.24. The molecule has 2 unspecified atom stereocenters. The number of guanidine groups is 1. The van der Waals surface area contributed by atoms with E-state index in [4.69, 9.17) is 9.73 Å². The molecule has 0 amide bonds. The summed E-state index contributed by atoms with van der Waals surface area (Å²) in [6, 6.07) is 0. The molecular weight excluding hydrogens is 290 g/mol. The minimum atomic E-state index is -0.147. The second kappa shape index (κ2) is 8.34. The topological polar surface area (TPSA) is 57.1 Å². The Morgan fingerprint density at radius 3 is 2.57 bits per heavy atom. The summed E-state index contributed by atoms with van der Waals surface area (Å²) < 4.78 is 6.07. The van der Waals surface area contributed by atoms with E-state index in [1.807, 2.05) is 0 Å². The number of likely N-dealkylation sites (tertiary alicyclic amines) is 1. The van der Waals surface area contributed by atoms with Gasteiger partial charge in [0.15, 0.2) is 5.96 Å². The lowest BCUT2D eigenvalue weighted by molar-refractivity contribution is -0.0824. The molecule has 0 aromatic rings. The summed E-state index contributed by atoms with van der Waals surface area (Å²) in [5, 5.41) is 13.1. The molecule has 5 heteroatoms. The number of nitrogens with one attached hydrogen (secondary N) is 1. The summed E-state index contributed by atoms with van der Waals surface area (Å²) in [6.07, 6.45) is 4.14. The van der Waals surface area contributed by atoms with Crippen LogP contribution in [0.3, 0.4) is 0 Å². The Labute approximate surface area is 141 Å². The summed E-state index contributed by atoms with van der Waals surface area (Å²) in [4.78, 5) is 7.20. The van der Waals surface area contributed by atoms with Gasteiger partial charge in [0, 0.05) is 38.7 Å². The first-order chi connectivity index (χ1) is 10.9. The lowest BCUT2D eigenvalue weighted by Crippen LogP contribution is -2.47. The molecule has 0 radical (unpaired) electrons. The number of hydrogen-bond acceptors (Lipinski definition) is 3. The van der Waals surface area contributed by atoms with Gasteiger partial charge in [-0.15, -0.1) is 0 Å². The quantitative estimate of drug-likeness (QED) is 0.617. The molecule has 2 heterocycles.